The van der Waals surface area contributed by atoms with E-state index in [1.54, 1.807) is 0 Å². The lowest BCUT2D eigenvalue weighted by Crippen LogP contribution is -2.36. The Labute approximate surface area is 115 Å². The zero-order valence-electron chi connectivity index (χ0n) is 11.6. The van der Waals surface area contributed by atoms with Crippen LogP contribution in [0.4, 0.5) is 0 Å². The number of nitrogens with one attached hydrogen (secondary N) is 1. The molecule has 0 saturated heterocycles. The minimum atomic E-state index is -0.442. The molecule has 0 aliphatic rings. The molecule has 2 aromatic rings. The van der Waals surface area contributed by atoms with Crippen molar-refractivity contribution in [2.45, 2.75) is 26.2 Å². The van der Waals surface area contributed by atoms with Crippen LogP contribution in [0.15, 0.2) is 23.0 Å². The van der Waals surface area contributed by atoms with E-state index in [1.165, 1.54) is 18.2 Å². The first-order valence-electron chi connectivity index (χ1n) is 6.09. The Morgan fingerprint density at radius 3 is 2.55 bits per heavy atom. The minimum Gasteiger partial charge on any atom is -0.335 e. The van der Waals surface area contributed by atoms with Crippen LogP contribution in [0.2, 0.25) is 0 Å². The average Bonchev–Trinajstić information content (AvgIpc) is 2.40. The highest BCUT2D eigenvalue weighted by atomic mass is 16.2. The molecule has 0 fully saturated rings. The number of benzene rings is 1. The van der Waals surface area contributed by atoms with Crippen molar-refractivity contribution in [3.63, 3.8) is 0 Å². The summed E-state index contributed by atoms with van der Waals surface area (Å²) < 4.78 is 1.05. The van der Waals surface area contributed by atoms with E-state index in [9.17, 15) is 9.59 Å². The molecule has 0 aliphatic heterocycles. The molecule has 0 saturated carbocycles. The van der Waals surface area contributed by atoms with Crippen molar-refractivity contribution in [1.29, 1.82) is 0 Å². The van der Waals surface area contributed by atoms with E-state index in [4.69, 9.17) is 11.7 Å². The summed E-state index contributed by atoms with van der Waals surface area (Å²) in [5.74, 6) is 10.9. The maximum Gasteiger partial charge on any atom is 0.279 e. The summed E-state index contributed by atoms with van der Waals surface area (Å²) in [5, 5.41) is 0.356. The van der Waals surface area contributed by atoms with Crippen molar-refractivity contribution < 1.29 is 4.79 Å². The number of nitrogens with two attached hydrogens (primary N) is 2. The Morgan fingerprint density at radius 1 is 1.35 bits per heavy atom. The number of hydrogen-bond donors (Lipinski definition) is 3. The van der Waals surface area contributed by atoms with Gasteiger partial charge in [0.25, 0.3) is 11.5 Å². The molecule has 7 heteroatoms. The van der Waals surface area contributed by atoms with Gasteiger partial charge in [-0.25, -0.2) is 15.5 Å². The lowest BCUT2D eigenvalue weighted by atomic mass is 9.95. The van der Waals surface area contributed by atoms with Gasteiger partial charge in [0.1, 0.15) is 5.82 Å². The number of hydrazine groups is 1. The first kappa shape index (κ1) is 14.0. The summed E-state index contributed by atoms with van der Waals surface area (Å²) in [7, 11) is 0. The van der Waals surface area contributed by atoms with E-state index in [1.807, 2.05) is 26.2 Å². The predicted octanol–water partition coefficient (Wildman–Crippen LogP) is 0.0113. The van der Waals surface area contributed by atoms with Crippen molar-refractivity contribution in [3.05, 3.63) is 39.9 Å². The largest absolute Gasteiger partial charge is 0.335 e. The number of rotatable bonds is 1. The molecular weight excluding hydrogens is 258 g/mol. The molecule has 0 radical (unpaired) electrons. The van der Waals surface area contributed by atoms with Gasteiger partial charge in [-0.15, -0.1) is 0 Å². The average molecular weight is 275 g/mol. The fourth-order valence-corrected chi connectivity index (χ4v) is 1.95. The maximum absolute atomic E-state index is 12.2. The second-order valence-corrected chi connectivity index (χ2v) is 5.57. The van der Waals surface area contributed by atoms with Crippen molar-refractivity contribution in [2.75, 3.05) is 5.84 Å². The van der Waals surface area contributed by atoms with Crippen LogP contribution in [0.1, 0.15) is 37.0 Å². The Bertz CT molecular complexity index is 743. The van der Waals surface area contributed by atoms with Crippen molar-refractivity contribution >= 4 is 16.8 Å². The molecule has 1 aromatic heterocycles. The second kappa shape index (κ2) is 4.61. The van der Waals surface area contributed by atoms with Gasteiger partial charge in [-0.3, -0.25) is 15.0 Å². The Morgan fingerprint density at radius 2 is 2.00 bits per heavy atom. The van der Waals surface area contributed by atoms with Crippen LogP contribution in [0.3, 0.4) is 0 Å². The number of nitrogen functional groups attached to an aromatic ring is 2. The lowest BCUT2D eigenvalue weighted by molar-refractivity contribution is 0.0954. The van der Waals surface area contributed by atoms with Crippen LogP contribution in [-0.2, 0) is 5.41 Å². The highest BCUT2D eigenvalue weighted by Gasteiger charge is 2.22. The van der Waals surface area contributed by atoms with Crippen molar-refractivity contribution in [2.24, 2.45) is 5.84 Å². The molecule has 0 spiro atoms. The summed E-state index contributed by atoms with van der Waals surface area (Å²) >= 11 is 0. The second-order valence-electron chi connectivity index (χ2n) is 5.57. The fraction of sp³-hybridized carbons (Fsp3) is 0.308. The quantitative estimate of drug-likeness (QED) is 0.385. The number of amides is 1. The Hall–Kier alpha value is -2.41. The SMILES string of the molecule is CC(C)(C)c1nc2cc(C(=O)NN)ccc2c(=O)n1N. The smallest absolute Gasteiger partial charge is 0.279 e. The minimum absolute atomic E-state index is 0.335. The zero-order valence-corrected chi connectivity index (χ0v) is 11.6. The summed E-state index contributed by atoms with van der Waals surface area (Å²) in [4.78, 5) is 28.1. The van der Waals surface area contributed by atoms with Gasteiger partial charge in [0.15, 0.2) is 0 Å². The van der Waals surface area contributed by atoms with Gasteiger partial charge < -0.3 is 5.84 Å². The first-order chi connectivity index (χ1) is 9.25. The highest BCUT2D eigenvalue weighted by Crippen LogP contribution is 2.20. The maximum atomic E-state index is 12.2. The molecule has 0 aliphatic carbocycles. The Kier molecular flexibility index (Phi) is 3.23. The third-order valence-corrected chi connectivity index (χ3v) is 2.97. The van der Waals surface area contributed by atoms with Crippen LogP contribution in [-0.4, -0.2) is 15.6 Å². The van der Waals surface area contributed by atoms with E-state index < -0.39 is 11.3 Å². The third kappa shape index (κ3) is 2.23. The van der Waals surface area contributed by atoms with Crippen LogP contribution in [0.25, 0.3) is 10.9 Å². The normalized spacial score (nSPS) is 11.6. The van der Waals surface area contributed by atoms with Crippen LogP contribution in [0.5, 0.6) is 0 Å². The monoisotopic (exact) mass is 275 g/mol. The molecule has 1 heterocycles. The predicted molar refractivity (Wildman–Crippen MR) is 76.5 cm³/mol. The van der Waals surface area contributed by atoms with E-state index in [-0.39, 0.29) is 5.56 Å². The molecule has 1 amide bonds. The number of nitrogens with zero attached hydrogens (tertiary/aromatic N) is 2. The van der Waals surface area contributed by atoms with E-state index in [2.05, 4.69) is 4.98 Å². The summed E-state index contributed by atoms with van der Waals surface area (Å²) in [6, 6.07) is 4.55. The molecular formula is C13H17N5O2. The van der Waals surface area contributed by atoms with Gasteiger partial charge >= 0.3 is 0 Å². The molecule has 0 bridgehead atoms. The molecule has 20 heavy (non-hydrogen) atoms. The van der Waals surface area contributed by atoms with E-state index >= 15 is 0 Å². The summed E-state index contributed by atoms with van der Waals surface area (Å²) in [5.41, 5.74) is 2.05. The molecule has 0 unspecified atom stereocenters. The van der Waals surface area contributed by atoms with Gasteiger partial charge in [0.05, 0.1) is 10.9 Å². The van der Waals surface area contributed by atoms with Crippen molar-refractivity contribution in [3.8, 4) is 0 Å². The number of aromatic nitrogens is 2. The molecule has 5 N–H and O–H groups in total. The first-order valence-corrected chi connectivity index (χ1v) is 6.09. The Balaban J connectivity index is 2.79. The van der Waals surface area contributed by atoms with E-state index in [0.717, 1.165) is 4.68 Å². The molecule has 7 nitrogen and oxygen atoms in total. The van der Waals surface area contributed by atoms with Gasteiger partial charge in [-0.1, -0.05) is 20.8 Å². The van der Waals surface area contributed by atoms with Gasteiger partial charge in [0.2, 0.25) is 0 Å². The third-order valence-electron chi connectivity index (χ3n) is 2.97. The number of carbonyl (C=O) groups excluding carboxylic acids is 1. The zero-order chi connectivity index (χ0) is 15.1. The molecule has 106 valence electrons. The van der Waals surface area contributed by atoms with Gasteiger partial charge in [-0.2, -0.15) is 0 Å². The van der Waals surface area contributed by atoms with Crippen LogP contribution >= 0.6 is 0 Å². The molecule has 2 rings (SSSR count). The fourth-order valence-electron chi connectivity index (χ4n) is 1.95. The van der Waals surface area contributed by atoms with E-state index in [0.29, 0.717) is 22.3 Å². The lowest BCUT2D eigenvalue weighted by Gasteiger charge is -2.20. The van der Waals surface area contributed by atoms with Gasteiger partial charge in [-0.05, 0) is 18.2 Å². The highest BCUT2D eigenvalue weighted by molar-refractivity contribution is 5.97. The summed E-state index contributed by atoms with van der Waals surface area (Å²) in [6.45, 7) is 5.71. The molecule has 1 aromatic carbocycles. The summed E-state index contributed by atoms with van der Waals surface area (Å²) in [6.07, 6.45) is 0. The van der Waals surface area contributed by atoms with Crippen LogP contribution in [0, 0.1) is 0 Å². The van der Waals surface area contributed by atoms with Crippen LogP contribution < -0.4 is 22.7 Å². The number of fused-ring (bicyclic) bond motifs is 1. The van der Waals surface area contributed by atoms with Crippen molar-refractivity contribution in [1.82, 2.24) is 15.1 Å². The van der Waals surface area contributed by atoms with Gasteiger partial charge in [0, 0.05) is 11.0 Å². The topological polar surface area (TPSA) is 116 Å². The number of hydrogen-bond acceptors (Lipinski definition) is 5. The molecule has 0 atom stereocenters. The number of carbonyl (C=O) groups is 1. The standard InChI is InChI=1S/C13H17N5O2/c1-13(2,3)12-16-9-6-7(10(19)17-14)4-5-8(9)11(20)18(12)15/h4-6H,14-15H2,1-3H3,(H,17,19).